The molecule has 0 saturated carbocycles. The average molecular weight is 400 g/mol. The van der Waals surface area contributed by atoms with Crippen molar-refractivity contribution in [2.75, 3.05) is 6.54 Å². The van der Waals surface area contributed by atoms with E-state index in [1.54, 1.807) is 6.92 Å². The van der Waals surface area contributed by atoms with Crippen LogP contribution >= 0.6 is 0 Å². The Morgan fingerprint density at radius 2 is 1.43 bits per heavy atom. The van der Waals surface area contributed by atoms with Crippen LogP contribution in [0, 0.1) is 0 Å². The fourth-order valence-electron chi connectivity index (χ4n) is 3.02. The summed E-state index contributed by atoms with van der Waals surface area (Å²) in [5.41, 5.74) is 5.40. The molecule has 5 N–H and O–H groups in total. The second-order valence-corrected chi connectivity index (χ2v) is 7.55. The molecule has 2 atom stereocenters. The molecule has 0 fully saturated rings. The van der Waals surface area contributed by atoms with Crippen LogP contribution in [-0.4, -0.2) is 41.5 Å². The Bertz CT molecular complexity index is 443. The molecule has 0 saturated heterocycles. The molecule has 0 radical (unpaired) electrons. The van der Waals surface area contributed by atoms with Gasteiger partial charge >= 0.3 is 5.97 Å². The van der Waals surface area contributed by atoms with Crippen LogP contribution in [0.1, 0.15) is 97.3 Å². The van der Waals surface area contributed by atoms with E-state index in [4.69, 9.17) is 5.73 Å². The summed E-state index contributed by atoms with van der Waals surface area (Å²) in [6, 6.07) is -1.70. The van der Waals surface area contributed by atoms with E-state index in [0.29, 0.717) is 32.2 Å². The number of carboxylic acid groups (broad SMARTS) is 1. The van der Waals surface area contributed by atoms with E-state index in [1.165, 1.54) is 38.5 Å². The predicted molar refractivity (Wildman–Crippen MR) is 112 cm³/mol. The van der Waals surface area contributed by atoms with Crippen LogP contribution in [0.25, 0.3) is 0 Å². The van der Waals surface area contributed by atoms with Gasteiger partial charge in [-0.1, -0.05) is 58.3 Å². The van der Waals surface area contributed by atoms with Crippen molar-refractivity contribution in [2.45, 2.75) is 109 Å². The Balaban J connectivity index is 3.93. The van der Waals surface area contributed by atoms with Gasteiger partial charge in [0.25, 0.3) is 0 Å². The molecule has 0 spiro atoms. The van der Waals surface area contributed by atoms with Gasteiger partial charge in [0.05, 0.1) is 0 Å². The van der Waals surface area contributed by atoms with Crippen molar-refractivity contribution in [3.05, 3.63) is 0 Å². The van der Waals surface area contributed by atoms with Gasteiger partial charge in [0, 0.05) is 6.42 Å². The topological polar surface area (TPSA) is 122 Å². The molecule has 0 aromatic carbocycles. The normalized spacial score (nSPS) is 13.0. The van der Waals surface area contributed by atoms with E-state index < -0.39 is 24.0 Å². The van der Waals surface area contributed by atoms with Crippen molar-refractivity contribution in [3.8, 4) is 0 Å². The zero-order valence-corrected chi connectivity index (χ0v) is 17.8. The number of hydrogen-bond donors (Lipinski definition) is 4. The number of carbonyl (C=O) groups is 3. The van der Waals surface area contributed by atoms with E-state index in [2.05, 4.69) is 17.6 Å². The Hall–Kier alpha value is -1.63. The van der Waals surface area contributed by atoms with E-state index in [9.17, 15) is 19.5 Å². The summed E-state index contributed by atoms with van der Waals surface area (Å²) in [5, 5.41) is 14.3. The minimum Gasteiger partial charge on any atom is -0.480 e. The zero-order chi connectivity index (χ0) is 21.2. The molecule has 0 unspecified atom stereocenters. The molecule has 7 heteroatoms. The summed E-state index contributed by atoms with van der Waals surface area (Å²) in [5.74, 6) is -1.71. The van der Waals surface area contributed by atoms with Gasteiger partial charge in [-0.3, -0.25) is 9.59 Å². The maximum absolute atomic E-state index is 12.1. The first-order valence-electron chi connectivity index (χ1n) is 10.9. The minimum absolute atomic E-state index is 0.166. The van der Waals surface area contributed by atoms with Crippen LogP contribution in [0.2, 0.25) is 0 Å². The molecule has 0 aliphatic heterocycles. The van der Waals surface area contributed by atoms with Crippen molar-refractivity contribution >= 4 is 17.8 Å². The third-order valence-electron chi connectivity index (χ3n) is 4.84. The third-order valence-corrected chi connectivity index (χ3v) is 4.84. The van der Waals surface area contributed by atoms with Gasteiger partial charge in [0.2, 0.25) is 11.8 Å². The van der Waals surface area contributed by atoms with Crippen LogP contribution in [0.3, 0.4) is 0 Å². The van der Waals surface area contributed by atoms with Crippen molar-refractivity contribution < 1.29 is 19.5 Å². The van der Waals surface area contributed by atoms with Gasteiger partial charge in [0.1, 0.15) is 12.1 Å². The van der Waals surface area contributed by atoms with Gasteiger partial charge in [-0.25, -0.2) is 4.79 Å². The number of amides is 2. The van der Waals surface area contributed by atoms with Crippen molar-refractivity contribution in [1.29, 1.82) is 0 Å². The van der Waals surface area contributed by atoms with E-state index in [0.717, 1.165) is 19.3 Å². The number of nitrogens with one attached hydrogen (secondary N) is 2. The maximum atomic E-state index is 12.1. The fourth-order valence-corrected chi connectivity index (χ4v) is 3.02. The Kier molecular flexibility index (Phi) is 16.5. The van der Waals surface area contributed by atoms with Gasteiger partial charge in [-0.15, -0.1) is 0 Å². The Morgan fingerprint density at radius 1 is 0.857 bits per heavy atom. The molecule has 2 amide bonds. The minimum atomic E-state index is -1.07. The first-order valence-corrected chi connectivity index (χ1v) is 10.9. The second kappa shape index (κ2) is 17.5. The van der Waals surface area contributed by atoms with Crippen LogP contribution in [0.15, 0.2) is 0 Å². The number of aliphatic carboxylic acids is 1. The van der Waals surface area contributed by atoms with Crippen LogP contribution < -0.4 is 16.4 Å². The number of rotatable bonds is 18. The van der Waals surface area contributed by atoms with Crippen LogP contribution in [-0.2, 0) is 14.4 Å². The lowest BCUT2D eigenvalue weighted by molar-refractivity contribution is -0.142. The summed E-state index contributed by atoms with van der Waals surface area (Å²) in [6.45, 7) is 4.28. The van der Waals surface area contributed by atoms with Gasteiger partial charge < -0.3 is 21.5 Å². The number of nitrogens with two attached hydrogens (primary N) is 1. The number of hydrogen-bond acceptors (Lipinski definition) is 4. The molecule has 0 rings (SSSR count). The third kappa shape index (κ3) is 14.4. The molecule has 7 nitrogen and oxygen atoms in total. The number of carbonyl (C=O) groups excluding carboxylic acids is 2. The van der Waals surface area contributed by atoms with E-state index in [1.807, 2.05) is 0 Å². The van der Waals surface area contributed by atoms with Gasteiger partial charge in [0.15, 0.2) is 0 Å². The van der Waals surface area contributed by atoms with Crippen LogP contribution in [0.4, 0.5) is 0 Å². The van der Waals surface area contributed by atoms with Crippen molar-refractivity contribution in [1.82, 2.24) is 10.6 Å². The SMILES string of the molecule is CCCCCCCCCCCC(=O)N[C@@H](C)C(=O)N[C@@H](CCCCN)C(=O)O. The molecular weight excluding hydrogens is 358 g/mol. The second-order valence-electron chi connectivity index (χ2n) is 7.55. The molecule has 0 bridgehead atoms. The smallest absolute Gasteiger partial charge is 0.326 e. The highest BCUT2D eigenvalue weighted by Crippen LogP contribution is 2.10. The zero-order valence-electron chi connectivity index (χ0n) is 17.8. The lowest BCUT2D eigenvalue weighted by Crippen LogP contribution is -2.50. The number of carboxylic acids is 1. The molecule has 0 aliphatic rings. The molecule has 0 aromatic heterocycles. The summed E-state index contributed by atoms with van der Waals surface area (Å²) in [4.78, 5) is 35.4. The molecule has 0 aliphatic carbocycles. The Labute approximate surface area is 170 Å². The molecular formula is C21H41N3O4. The van der Waals surface area contributed by atoms with Crippen LogP contribution in [0.5, 0.6) is 0 Å². The van der Waals surface area contributed by atoms with Gasteiger partial charge in [-0.2, -0.15) is 0 Å². The lowest BCUT2D eigenvalue weighted by atomic mass is 10.1. The number of unbranched alkanes of at least 4 members (excludes halogenated alkanes) is 9. The highest BCUT2D eigenvalue weighted by molar-refractivity contribution is 5.90. The van der Waals surface area contributed by atoms with Crippen molar-refractivity contribution in [3.63, 3.8) is 0 Å². The predicted octanol–water partition coefficient (Wildman–Crippen LogP) is 3.11. The summed E-state index contributed by atoms with van der Waals surface area (Å²) < 4.78 is 0. The Morgan fingerprint density at radius 3 is 1.96 bits per heavy atom. The standard InChI is InChI=1S/C21H41N3O4/c1-3-4-5-6-7-8-9-10-11-15-19(25)23-17(2)20(26)24-18(21(27)28)14-12-13-16-22/h17-18H,3-16,22H2,1-2H3,(H,23,25)(H,24,26)(H,27,28)/t17-,18-/m0/s1. The highest BCUT2D eigenvalue weighted by atomic mass is 16.4. The van der Waals surface area contributed by atoms with E-state index in [-0.39, 0.29) is 5.91 Å². The molecule has 0 aromatic rings. The molecule has 164 valence electrons. The quantitative estimate of drug-likeness (QED) is 0.264. The molecule has 0 heterocycles. The van der Waals surface area contributed by atoms with Crippen molar-refractivity contribution in [2.24, 2.45) is 5.73 Å². The largest absolute Gasteiger partial charge is 0.480 e. The summed E-state index contributed by atoms with van der Waals surface area (Å²) in [6.07, 6.45) is 12.7. The highest BCUT2D eigenvalue weighted by Gasteiger charge is 2.23. The first kappa shape index (κ1) is 26.4. The van der Waals surface area contributed by atoms with E-state index >= 15 is 0 Å². The van der Waals surface area contributed by atoms with Gasteiger partial charge in [-0.05, 0) is 39.2 Å². The summed E-state index contributed by atoms with van der Waals surface area (Å²) in [7, 11) is 0. The maximum Gasteiger partial charge on any atom is 0.326 e. The molecule has 28 heavy (non-hydrogen) atoms. The summed E-state index contributed by atoms with van der Waals surface area (Å²) >= 11 is 0. The first-order chi connectivity index (χ1) is 13.4. The fraction of sp³-hybridized carbons (Fsp3) is 0.857. The average Bonchev–Trinajstić information content (AvgIpc) is 2.65. The lowest BCUT2D eigenvalue weighted by Gasteiger charge is -2.18. The monoisotopic (exact) mass is 399 g/mol.